The van der Waals surface area contributed by atoms with Crippen molar-refractivity contribution in [1.29, 1.82) is 0 Å². The minimum atomic E-state index is -3.97. The fraction of sp³-hybridized carbons (Fsp3) is 0.464. The van der Waals surface area contributed by atoms with Crippen LogP contribution in [-0.4, -0.2) is 68.8 Å². The molecule has 2 amide bonds. The summed E-state index contributed by atoms with van der Waals surface area (Å²) >= 11 is 0. The van der Waals surface area contributed by atoms with E-state index in [0.717, 1.165) is 22.3 Å². The second kappa shape index (κ2) is 13.6. The SMILES string of the molecule is CC(C)(C)OC(=O)NCCS(=O)(=O)N[C@@H](CCCCNC(=O)OCC1c2ccccc2-c2ccccc21)C(=O)O. The second-order valence-corrected chi connectivity index (χ2v) is 12.4. The summed E-state index contributed by atoms with van der Waals surface area (Å²) in [5.41, 5.74) is 3.76. The summed E-state index contributed by atoms with van der Waals surface area (Å²) < 4.78 is 37.2. The van der Waals surface area contributed by atoms with Gasteiger partial charge in [0.1, 0.15) is 18.2 Å². The number of carbonyl (C=O) groups is 3. The number of benzene rings is 2. The molecule has 0 spiro atoms. The van der Waals surface area contributed by atoms with E-state index < -0.39 is 45.6 Å². The van der Waals surface area contributed by atoms with Crippen molar-refractivity contribution in [3.63, 3.8) is 0 Å². The third-order valence-electron chi connectivity index (χ3n) is 6.19. The second-order valence-electron chi connectivity index (χ2n) is 10.5. The molecule has 0 aliphatic heterocycles. The molecule has 0 fully saturated rings. The Bertz CT molecular complexity index is 1260. The number of alkyl carbamates (subject to hydrolysis) is 2. The number of aliphatic carboxylic acids is 1. The predicted molar refractivity (Wildman–Crippen MR) is 150 cm³/mol. The van der Waals surface area contributed by atoms with Crippen LogP contribution in [0.15, 0.2) is 48.5 Å². The molecule has 1 aliphatic rings. The van der Waals surface area contributed by atoms with E-state index >= 15 is 0 Å². The highest BCUT2D eigenvalue weighted by Crippen LogP contribution is 2.44. The number of ether oxygens (including phenoxy) is 2. The standard InChI is InChI=1S/C28H37N3O8S/c1-28(2,3)39-27(35)30-16-17-40(36,37)31-24(25(32)33)14-8-9-15-29-26(34)38-18-23-21-12-6-4-10-19(21)20-11-5-7-13-22(20)23/h4-7,10-13,23-24,31H,8-9,14-18H2,1-3H3,(H,29,34)(H,30,35)(H,32,33)/t24-/m0/s1. The van der Waals surface area contributed by atoms with Gasteiger partial charge in [-0.15, -0.1) is 0 Å². The number of hydrogen-bond acceptors (Lipinski definition) is 7. The topological polar surface area (TPSA) is 160 Å². The van der Waals surface area contributed by atoms with E-state index in [1.807, 2.05) is 36.4 Å². The highest BCUT2D eigenvalue weighted by atomic mass is 32.2. The molecule has 0 bridgehead atoms. The number of nitrogens with one attached hydrogen (secondary N) is 3. The molecule has 11 nitrogen and oxygen atoms in total. The fourth-order valence-electron chi connectivity index (χ4n) is 4.42. The van der Waals surface area contributed by atoms with Crippen molar-refractivity contribution in [2.75, 3.05) is 25.4 Å². The molecule has 1 atom stereocenters. The van der Waals surface area contributed by atoms with Crippen LogP contribution in [0.1, 0.15) is 57.1 Å². The molecule has 2 aromatic carbocycles. The molecule has 2 aromatic rings. The van der Waals surface area contributed by atoms with E-state index in [0.29, 0.717) is 12.8 Å². The molecule has 0 radical (unpaired) electrons. The van der Waals surface area contributed by atoms with Gasteiger partial charge in [-0.25, -0.2) is 22.7 Å². The van der Waals surface area contributed by atoms with Crippen LogP contribution in [0.2, 0.25) is 0 Å². The molecule has 0 saturated carbocycles. The van der Waals surface area contributed by atoms with Crippen molar-refractivity contribution in [3.05, 3.63) is 59.7 Å². The van der Waals surface area contributed by atoms with Gasteiger partial charge in [0.25, 0.3) is 0 Å². The quantitative estimate of drug-likeness (QED) is 0.264. The Labute approximate surface area is 234 Å². The molecular formula is C28H37N3O8S. The summed E-state index contributed by atoms with van der Waals surface area (Å²) in [4.78, 5) is 35.5. The Morgan fingerprint density at radius 1 is 0.900 bits per heavy atom. The van der Waals surface area contributed by atoms with E-state index in [1.165, 1.54) is 0 Å². The summed E-state index contributed by atoms with van der Waals surface area (Å²) in [5.74, 6) is -1.87. The first kappa shape index (κ1) is 30.9. The van der Waals surface area contributed by atoms with Gasteiger partial charge in [0.05, 0.1) is 5.75 Å². The molecule has 0 saturated heterocycles. The first-order chi connectivity index (χ1) is 18.9. The Hall–Kier alpha value is -3.64. The molecule has 1 aliphatic carbocycles. The number of rotatable bonds is 13. The lowest BCUT2D eigenvalue weighted by Gasteiger charge is -2.20. The number of amides is 2. The Balaban J connectivity index is 1.36. The monoisotopic (exact) mass is 575 g/mol. The van der Waals surface area contributed by atoms with E-state index in [1.54, 1.807) is 20.8 Å². The number of sulfonamides is 1. The number of fused-ring (bicyclic) bond motifs is 3. The minimum absolute atomic E-state index is 0.0282. The number of carboxylic acid groups (broad SMARTS) is 1. The summed E-state index contributed by atoms with van der Waals surface area (Å²) in [6.07, 6.45) is -0.536. The van der Waals surface area contributed by atoms with E-state index in [-0.39, 0.29) is 32.0 Å². The highest BCUT2D eigenvalue weighted by Gasteiger charge is 2.29. The largest absolute Gasteiger partial charge is 0.480 e. The third kappa shape index (κ3) is 9.23. The molecule has 0 heterocycles. The van der Waals surface area contributed by atoms with Crippen molar-refractivity contribution >= 4 is 28.2 Å². The summed E-state index contributed by atoms with van der Waals surface area (Å²) in [7, 11) is -3.97. The molecule has 0 aromatic heterocycles. The van der Waals surface area contributed by atoms with Crippen LogP contribution >= 0.6 is 0 Å². The van der Waals surface area contributed by atoms with Gasteiger partial charge < -0.3 is 25.2 Å². The van der Waals surface area contributed by atoms with Crippen molar-refractivity contribution in [2.45, 2.75) is 57.6 Å². The van der Waals surface area contributed by atoms with Crippen LogP contribution in [0.25, 0.3) is 11.1 Å². The minimum Gasteiger partial charge on any atom is -0.480 e. The van der Waals surface area contributed by atoms with Gasteiger partial charge in [-0.2, -0.15) is 0 Å². The van der Waals surface area contributed by atoms with Crippen LogP contribution < -0.4 is 15.4 Å². The molecule has 218 valence electrons. The maximum atomic E-state index is 12.3. The normalized spacial score (nSPS) is 13.6. The van der Waals surface area contributed by atoms with Crippen LogP contribution in [0.5, 0.6) is 0 Å². The maximum absolute atomic E-state index is 12.3. The van der Waals surface area contributed by atoms with Crippen LogP contribution in [0, 0.1) is 0 Å². The highest BCUT2D eigenvalue weighted by molar-refractivity contribution is 7.89. The lowest BCUT2D eigenvalue weighted by Crippen LogP contribution is -2.44. The number of carbonyl (C=O) groups excluding carboxylic acids is 2. The lowest BCUT2D eigenvalue weighted by molar-refractivity contribution is -0.139. The molecule has 4 N–H and O–H groups in total. The zero-order valence-electron chi connectivity index (χ0n) is 22.9. The number of hydrogen-bond donors (Lipinski definition) is 4. The molecule has 40 heavy (non-hydrogen) atoms. The van der Waals surface area contributed by atoms with Crippen LogP contribution in [0.3, 0.4) is 0 Å². The van der Waals surface area contributed by atoms with Gasteiger partial charge in [-0.3, -0.25) is 4.79 Å². The van der Waals surface area contributed by atoms with Crippen LogP contribution in [0.4, 0.5) is 9.59 Å². The van der Waals surface area contributed by atoms with Gasteiger partial charge >= 0.3 is 18.2 Å². The Morgan fingerprint density at radius 3 is 2.05 bits per heavy atom. The summed E-state index contributed by atoms with van der Waals surface area (Å²) in [5, 5.41) is 14.4. The average Bonchev–Trinajstić information content (AvgIpc) is 3.19. The van der Waals surface area contributed by atoms with E-state index in [9.17, 15) is 27.9 Å². The zero-order chi connectivity index (χ0) is 29.3. The first-order valence-corrected chi connectivity index (χ1v) is 14.8. The van der Waals surface area contributed by atoms with Crippen molar-refractivity contribution in [3.8, 4) is 11.1 Å². The summed E-state index contributed by atoms with van der Waals surface area (Å²) in [6.45, 7) is 5.22. The molecule has 3 rings (SSSR count). The van der Waals surface area contributed by atoms with Gasteiger partial charge in [0.2, 0.25) is 10.0 Å². The smallest absolute Gasteiger partial charge is 0.407 e. The lowest BCUT2D eigenvalue weighted by atomic mass is 9.98. The van der Waals surface area contributed by atoms with E-state index in [2.05, 4.69) is 27.5 Å². The van der Waals surface area contributed by atoms with Crippen molar-refractivity contribution in [2.24, 2.45) is 0 Å². The average molecular weight is 576 g/mol. The van der Waals surface area contributed by atoms with Crippen LogP contribution in [-0.2, 0) is 24.3 Å². The maximum Gasteiger partial charge on any atom is 0.407 e. The van der Waals surface area contributed by atoms with Gasteiger partial charge in [0.15, 0.2) is 0 Å². The fourth-order valence-corrected chi connectivity index (χ4v) is 5.56. The van der Waals surface area contributed by atoms with E-state index in [4.69, 9.17) is 9.47 Å². The van der Waals surface area contributed by atoms with Crippen molar-refractivity contribution < 1.29 is 37.4 Å². The Kier molecular flexibility index (Phi) is 10.5. The molecule has 0 unspecified atom stereocenters. The van der Waals surface area contributed by atoms with Crippen molar-refractivity contribution in [1.82, 2.24) is 15.4 Å². The first-order valence-electron chi connectivity index (χ1n) is 13.1. The Morgan fingerprint density at radius 2 is 1.48 bits per heavy atom. The van der Waals surface area contributed by atoms with Gasteiger partial charge in [-0.1, -0.05) is 48.5 Å². The zero-order valence-corrected chi connectivity index (χ0v) is 23.8. The molecular weight excluding hydrogens is 538 g/mol. The predicted octanol–water partition coefficient (Wildman–Crippen LogP) is 3.59. The third-order valence-corrected chi connectivity index (χ3v) is 7.58. The van der Waals surface area contributed by atoms with Gasteiger partial charge in [-0.05, 0) is 62.3 Å². The van der Waals surface area contributed by atoms with Gasteiger partial charge in [0, 0.05) is 19.0 Å². The number of carboxylic acids is 1. The summed E-state index contributed by atoms with van der Waals surface area (Å²) in [6, 6.07) is 14.7. The number of unbranched alkanes of at least 4 members (excludes halogenated alkanes) is 1. The molecule has 12 heteroatoms.